The number of hydrogen-bond acceptors (Lipinski definition) is 2. The Morgan fingerprint density at radius 1 is 1.25 bits per heavy atom. The molecule has 0 aromatic heterocycles. The second-order valence-corrected chi connectivity index (χ2v) is 6.35. The third-order valence-electron chi connectivity index (χ3n) is 3.98. The van der Waals surface area contributed by atoms with Gasteiger partial charge in [0.05, 0.1) is 6.04 Å². The summed E-state index contributed by atoms with van der Waals surface area (Å²) >= 11 is 0. The molecule has 1 saturated heterocycles. The van der Waals surface area contributed by atoms with Gasteiger partial charge in [-0.15, -0.1) is 0 Å². The Labute approximate surface area is 122 Å². The molecule has 3 nitrogen and oxygen atoms in total. The first-order valence-corrected chi connectivity index (χ1v) is 7.66. The van der Waals surface area contributed by atoms with E-state index in [2.05, 4.69) is 48.7 Å². The van der Waals surface area contributed by atoms with Crippen LogP contribution in [-0.4, -0.2) is 24.0 Å². The van der Waals surface area contributed by atoms with Gasteiger partial charge in [-0.2, -0.15) is 0 Å². The van der Waals surface area contributed by atoms with Crippen LogP contribution in [0.15, 0.2) is 30.3 Å². The fourth-order valence-corrected chi connectivity index (χ4v) is 2.72. The Morgan fingerprint density at radius 2 is 2.00 bits per heavy atom. The number of nitrogens with one attached hydrogen (secondary N) is 2. The number of hydrogen-bond donors (Lipinski definition) is 2. The van der Waals surface area contributed by atoms with Crippen LogP contribution in [0.3, 0.4) is 0 Å². The van der Waals surface area contributed by atoms with Crippen molar-refractivity contribution >= 4 is 5.91 Å². The summed E-state index contributed by atoms with van der Waals surface area (Å²) < 4.78 is 0. The van der Waals surface area contributed by atoms with Crippen LogP contribution in [0.4, 0.5) is 0 Å². The summed E-state index contributed by atoms with van der Waals surface area (Å²) in [4.78, 5) is 12.0. The predicted octanol–water partition coefficient (Wildman–Crippen LogP) is 2.66. The monoisotopic (exact) mass is 274 g/mol. The molecule has 0 spiro atoms. The molecule has 0 radical (unpaired) electrons. The molecule has 1 aromatic rings. The topological polar surface area (TPSA) is 41.1 Å². The summed E-state index contributed by atoms with van der Waals surface area (Å²) in [5.41, 5.74) is 1.33. The molecule has 1 aliphatic heterocycles. The summed E-state index contributed by atoms with van der Waals surface area (Å²) in [5.74, 6) is 0.162. The second kappa shape index (κ2) is 6.89. The van der Waals surface area contributed by atoms with Gasteiger partial charge >= 0.3 is 0 Å². The number of carbonyl (C=O) groups is 1. The highest BCUT2D eigenvalue weighted by molar-refractivity contribution is 5.82. The van der Waals surface area contributed by atoms with E-state index in [1.165, 1.54) is 5.56 Å². The lowest BCUT2D eigenvalue weighted by molar-refractivity contribution is -0.123. The van der Waals surface area contributed by atoms with Crippen LogP contribution >= 0.6 is 0 Å². The van der Waals surface area contributed by atoms with E-state index in [1.807, 2.05) is 6.07 Å². The highest BCUT2D eigenvalue weighted by Crippen LogP contribution is 2.17. The largest absolute Gasteiger partial charge is 0.355 e. The van der Waals surface area contributed by atoms with Crippen LogP contribution in [0.2, 0.25) is 0 Å². The van der Waals surface area contributed by atoms with Crippen molar-refractivity contribution in [2.75, 3.05) is 6.54 Å². The van der Waals surface area contributed by atoms with E-state index in [0.717, 1.165) is 38.6 Å². The van der Waals surface area contributed by atoms with E-state index >= 15 is 0 Å². The molecule has 0 aliphatic carbocycles. The van der Waals surface area contributed by atoms with Crippen molar-refractivity contribution < 1.29 is 4.79 Å². The average Bonchev–Trinajstić information content (AvgIpc) is 2.63. The van der Waals surface area contributed by atoms with Crippen molar-refractivity contribution in [3.05, 3.63) is 35.9 Å². The molecule has 0 saturated carbocycles. The van der Waals surface area contributed by atoms with E-state index in [0.29, 0.717) is 0 Å². The van der Waals surface area contributed by atoms with E-state index in [-0.39, 0.29) is 17.5 Å². The first kappa shape index (κ1) is 15.0. The van der Waals surface area contributed by atoms with Crippen molar-refractivity contribution in [3.8, 4) is 0 Å². The van der Waals surface area contributed by atoms with Gasteiger partial charge in [0, 0.05) is 12.1 Å². The van der Waals surface area contributed by atoms with Gasteiger partial charge in [-0.1, -0.05) is 30.3 Å². The zero-order chi connectivity index (χ0) is 14.4. The van der Waals surface area contributed by atoms with Crippen LogP contribution < -0.4 is 10.6 Å². The van der Waals surface area contributed by atoms with Crippen LogP contribution in [0, 0.1) is 0 Å². The Balaban J connectivity index is 1.87. The number of amides is 1. The highest BCUT2D eigenvalue weighted by atomic mass is 16.2. The summed E-state index contributed by atoms with van der Waals surface area (Å²) in [6.07, 6.45) is 5.22. The summed E-state index contributed by atoms with van der Waals surface area (Å²) in [7, 11) is 0. The Kier molecular flexibility index (Phi) is 5.18. The number of carbonyl (C=O) groups excluding carboxylic acids is 1. The maximum absolute atomic E-state index is 12.0. The van der Waals surface area contributed by atoms with E-state index in [1.54, 1.807) is 0 Å². The first-order valence-electron chi connectivity index (χ1n) is 7.66. The minimum Gasteiger partial charge on any atom is -0.355 e. The third-order valence-corrected chi connectivity index (χ3v) is 3.98. The van der Waals surface area contributed by atoms with Gasteiger partial charge in [0.15, 0.2) is 0 Å². The molecule has 2 rings (SSSR count). The predicted molar refractivity (Wildman–Crippen MR) is 82.6 cm³/mol. The SMILES string of the molecule is CC(C)(CCc1ccccc1)NC1CCCCNC1=O. The molecule has 1 aliphatic rings. The highest BCUT2D eigenvalue weighted by Gasteiger charge is 2.27. The number of benzene rings is 1. The lowest BCUT2D eigenvalue weighted by Crippen LogP contribution is -2.52. The molecule has 1 aromatic carbocycles. The van der Waals surface area contributed by atoms with Crippen LogP contribution in [0.25, 0.3) is 0 Å². The maximum atomic E-state index is 12.0. The molecule has 1 heterocycles. The lowest BCUT2D eigenvalue weighted by Gasteiger charge is -2.31. The van der Waals surface area contributed by atoms with Gasteiger partial charge < -0.3 is 10.6 Å². The second-order valence-electron chi connectivity index (χ2n) is 6.35. The van der Waals surface area contributed by atoms with Crippen molar-refractivity contribution in [2.45, 2.75) is 57.5 Å². The zero-order valence-electron chi connectivity index (χ0n) is 12.6. The quantitative estimate of drug-likeness (QED) is 0.866. The average molecular weight is 274 g/mol. The molecule has 1 atom stereocenters. The van der Waals surface area contributed by atoms with Gasteiger partial charge in [0.25, 0.3) is 0 Å². The maximum Gasteiger partial charge on any atom is 0.237 e. The van der Waals surface area contributed by atoms with Crippen molar-refractivity contribution in [2.24, 2.45) is 0 Å². The molecule has 1 unspecified atom stereocenters. The van der Waals surface area contributed by atoms with E-state index < -0.39 is 0 Å². The number of aryl methyl sites for hydroxylation is 1. The molecule has 3 heteroatoms. The number of rotatable bonds is 5. The molecular formula is C17H26N2O. The lowest BCUT2D eigenvalue weighted by atomic mass is 9.93. The van der Waals surface area contributed by atoms with Crippen molar-refractivity contribution in [1.29, 1.82) is 0 Å². The molecule has 0 bridgehead atoms. The van der Waals surface area contributed by atoms with Crippen molar-refractivity contribution in [3.63, 3.8) is 0 Å². The van der Waals surface area contributed by atoms with Gasteiger partial charge in [-0.3, -0.25) is 4.79 Å². The summed E-state index contributed by atoms with van der Waals surface area (Å²) in [6, 6.07) is 10.5. The van der Waals surface area contributed by atoms with Gasteiger partial charge in [0.2, 0.25) is 5.91 Å². The zero-order valence-corrected chi connectivity index (χ0v) is 12.6. The first-order chi connectivity index (χ1) is 9.57. The smallest absolute Gasteiger partial charge is 0.237 e. The van der Waals surface area contributed by atoms with Crippen LogP contribution in [-0.2, 0) is 11.2 Å². The van der Waals surface area contributed by atoms with Gasteiger partial charge in [-0.25, -0.2) is 0 Å². The third kappa shape index (κ3) is 4.64. The summed E-state index contributed by atoms with van der Waals surface area (Å²) in [6.45, 7) is 5.20. The fraction of sp³-hybridized carbons (Fsp3) is 0.588. The van der Waals surface area contributed by atoms with E-state index in [9.17, 15) is 4.79 Å². The Morgan fingerprint density at radius 3 is 2.75 bits per heavy atom. The minimum absolute atomic E-state index is 0.0256. The van der Waals surface area contributed by atoms with Crippen LogP contribution in [0.5, 0.6) is 0 Å². The molecule has 1 amide bonds. The molecule has 110 valence electrons. The van der Waals surface area contributed by atoms with Gasteiger partial charge in [-0.05, 0) is 51.5 Å². The molecule has 2 N–H and O–H groups in total. The fourth-order valence-electron chi connectivity index (χ4n) is 2.72. The molecule has 20 heavy (non-hydrogen) atoms. The molecule has 1 fully saturated rings. The standard InChI is InChI=1S/C17H26N2O/c1-17(2,12-11-14-8-4-3-5-9-14)19-15-10-6-7-13-18-16(15)20/h3-5,8-9,15,19H,6-7,10-13H2,1-2H3,(H,18,20). The van der Waals surface area contributed by atoms with Gasteiger partial charge in [0.1, 0.15) is 0 Å². The van der Waals surface area contributed by atoms with E-state index in [4.69, 9.17) is 0 Å². The Bertz CT molecular complexity index is 428. The normalized spacial score (nSPS) is 20.3. The minimum atomic E-state index is -0.0386. The summed E-state index contributed by atoms with van der Waals surface area (Å²) in [5, 5.41) is 6.53. The molecular weight excluding hydrogens is 248 g/mol. The van der Waals surface area contributed by atoms with Crippen molar-refractivity contribution in [1.82, 2.24) is 10.6 Å². The Hall–Kier alpha value is -1.35. The van der Waals surface area contributed by atoms with Crippen LogP contribution in [0.1, 0.15) is 45.1 Å².